The van der Waals surface area contributed by atoms with Crippen LogP contribution in [0, 0.1) is 11.8 Å². The third-order valence-electron chi connectivity index (χ3n) is 4.40. The van der Waals surface area contributed by atoms with Crippen molar-refractivity contribution in [1.82, 2.24) is 10.2 Å². The minimum Gasteiger partial charge on any atom is -0.374 e. The molecule has 1 saturated carbocycles. The van der Waals surface area contributed by atoms with Crippen LogP contribution in [0.2, 0.25) is 0 Å². The molecule has 2 fully saturated rings. The van der Waals surface area contributed by atoms with Gasteiger partial charge < -0.3 is 15.0 Å². The van der Waals surface area contributed by atoms with Crippen LogP contribution in [-0.4, -0.2) is 56.4 Å². The van der Waals surface area contributed by atoms with Crippen molar-refractivity contribution in [2.75, 3.05) is 33.3 Å². The summed E-state index contributed by atoms with van der Waals surface area (Å²) in [4.78, 5) is 13.9. The fourth-order valence-electron chi connectivity index (χ4n) is 3.11. The molecule has 1 amide bonds. The van der Waals surface area contributed by atoms with Gasteiger partial charge in [0, 0.05) is 32.6 Å². The molecule has 21 heavy (non-hydrogen) atoms. The maximum absolute atomic E-state index is 12.6. The highest BCUT2D eigenvalue weighted by atomic mass is 19.4. The molecule has 4 nitrogen and oxygen atoms in total. The zero-order valence-electron chi connectivity index (χ0n) is 12.3. The topological polar surface area (TPSA) is 41.6 Å². The third kappa shape index (κ3) is 4.57. The van der Waals surface area contributed by atoms with Gasteiger partial charge in [0.2, 0.25) is 5.91 Å². The quantitative estimate of drug-likeness (QED) is 0.864. The van der Waals surface area contributed by atoms with Gasteiger partial charge in [0.1, 0.15) is 0 Å². The van der Waals surface area contributed by atoms with Gasteiger partial charge in [-0.15, -0.1) is 0 Å². The van der Waals surface area contributed by atoms with Crippen molar-refractivity contribution in [2.24, 2.45) is 11.8 Å². The number of hydrogen-bond donors (Lipinski definition) is 1. The lowest BCUT2D eigenvalue weighted by Crippen LogP contribution is -2.47. The van der Waals surface area contributed by atoms with Gasteiger partial charge in [-0.3, -0.25) is 4.79 Å². The second kappa shape index (κ2) is 6.96. The number of carbonyl (C=O) groups excluding carboxylic acids is 1. The van der Waals surface area contributed by atoms with Crippen LogP contribution in [0.25, 0.3) is 0 Å². The third-order valence-corrected chi connectivity index (χ3v) is 4.40. The second-order valence-corrected chi connectivity index (χ2v) is 6.01. The molecule has 1 aliphatic carbocycles. The first-order valence-corrected chi connectivity index (χ1v) is 7.52. The molecule has 2 rings (SSSR count). The van der Waals surface area contributed by atoms with E-state index in [1.54, 1.807) is 11.9 Å². The van der Waals surface area contributed by atoms with E-state index >= 15 is 0 Å². The van der Waals surface area contributed by atoms with Gasteiger partial charge in [0.05, 0.1) is 18.6 Å². The van der Waals surface area contributed by atoms with E-state index in [9.17, 15) is 18.0 Å². The number of likely N-dealkylation sites (N-methyl/N-ethyl adjacent to an activating group) is 1. The van der Waals surface area contributed by atoms with Gasteiger partial charge in [-0.1, -0.05) is 0 Å². The van der Waals surface area contributed by atoms with Gasteiger partial charge in [0.15, 0.2) is 0 Å². The van der Waals surface area contributed by atoms with E-state index in [2.05, 4.69) is 5.32 Å². The number of hydrogen-bond acceptors (Lipinski definition) is 3. The molecule has 0 bridgehead atoms. The van der Waals surface area contributed by atoms with Crippen LogP contribution in [-0.2, 0) is 9.53 Å². The molecule has 0 aromatic rings. The number of morpholine rings is 1. The largest absolute Gasteiger partial charge is 0.391 e. The zero-order valence-corrected chi connectivity index (χ0v) is 12.3. The van der Waals surface area contributed by atoms with Crippen molar-refractivity contribution in [2.45, 2.75) is 38.0 Å². The Bertz CT molecular complexity index is 349. The summed E-state index contributed by atoms with van der Waals surface area (Å²) in [5, 5.41) is 3.19. The Hall–Kier alpha value is -0.820. The maximum atomic E-state index is 12.6. The van der Waals surface area contributed by atoms with E-state index in [0.717, 1.165) is 6.54 Å². The molecule has 0 aromatic carbocycles. The highest BCUT2D eigenvalue weighted by Gasteiger charge is 2.42. The van der Waals surface area contributed by atoms with E-state index in [0.29, 0.717) is 32.5 Å². The summed E-state index contributed by atoms with van der Waals surface area (Å²) in [6.07, 6.45) is -3.36. The zero-order chi connectivity index (χ0) is 15.5. The molecule has 1 atom stereocenters. The van der Waals surface area contributed by atoms with Crippen molar-refractivity contribution in [3.63, 3.8) is 0 Å². The fraction of sp³-hybridized carbons (Fsp3) is 0.929. The van der Waals surface area contributed by atoms with Gasteiger partial charge in [0.25, 0.3) is 0 Å². The smallest absolute Gasteiger partial charge is 0.374 e. The first kappa shape index (κ1) is 16.5. The molecule has 0 radical (unpaired) electrons. The van der Waals surface area contributed by atoms with Crippen LogP contribution in [0.1, 0.15) is 25.7 Å². The Morgan fingerprint density at radius 2 is 1.95 bits per heavy atom. The molecular formula is C14H23F3N2O2. The van der Waals surface area contributed by atoms with E-state index in [4.69, 9.17) is 4.74 Å². The maximum Gasteiger partial charge on any atom is 0.391 e. The average Bonchev–Trinajstić information content (AvgIpc) is 2.46. The Kier molecular flexibility index (Phi) is 5.48. The molecule has 1 aliphatic heterocycles. The van der Waals surface area contributed by atoms with Gasteiger partial charge in [-0.05, 0) is 25.7 Å². The summed E-state index contributed by atoms with van der Waals surface area (Å²) in [7, 11) is 1.70. The van der Waals surface area contributed by atoms with Crippen LogP contribution in [0.3, 0.4) is 0 Å². The number of alkyl halides is 3. The van der Waals surface area contributed by atoms with Crippen molar-refractivity contribution in [3.05, 3.63) is 0 Å². The number of rotatable bonds is 3. The number of amides is 1. The molecule has 7 heteroatoms. The van der Waals surface area contributed by atoms with Crippen LogP contribution >= 0.6 is 0 Å². The second-order valence-electron chi connectivity index (χ2n) is 6.01. The molecule has 1 N–H and O–H groups in total. The van der Waals surface area contributed by atoms with Crippen molar-refractivity contribution in [1.29, 1.82) is 0 Å². The van der Waals surface area contributed by atoms with E-state index < -0.39 is 12.1 Å². The Labute approximate surface area is 123 Å². The lowest BCUT2D eigenvalue weighted by molar-refractivity contribution is -0.185. The monoisotopic (exact) mass is 308 g/mol. The summed E-state index contributed by atoms with van der Waals surface area (Å²) < 4.78 is 43.4. The highest BCUT2D eigenvalue weighted by molar-refractivity contribution is 5.78. The van der Waals surface area contributed by atoms with Crippen LogP contribution in [0.4, 0.5) is 13.2 Å². The Balaban J connectivity index is 1.78. The fourth-order valence-corrected chi connectivity index (χ4v) is 3.11. The van der Waals surface area contributed by atoms with Crippen molar-refractivity contribution >= 4 is 5.91 Å². The average molecular weight is 308 g/mol. The van der Waals surface area contributed by atoms with Gasteiger partial charge >= 0.3 is 6.18 Å². The summed E-state index contributed by atoms with van der Waals surface area (Å²) in [5.41, 5.74) is 0. The molecule has 122 valence electrons. The molecule has 1 unspecified atom stereocenters. The molecule has 2 aliphatic rings. The normalized spacial score (nSPS) is 31.0. The SMILES string of the molecule is CN(CC1CNCCO1)C(=O)C1CCC(C(F)(F)F)CC1. The number of carbonyl (C=O) groups is 1. The lowest BCUT2D eigenvalue weighted by Gasteiger charge is -2.33. The van der Waals surface area contributed by atoms with Gasteiger partial charge in [-0.2, -0.15) is 13.2 Å². The number of ether oxygens (including phenoxy) is 1. The van der Waals surface area contributed by atoms with E-state index in [1.165, 1.54) is 0 Å². The van der Waals surface area contributed by atoms with Crippen molar-refractivity contribution in [3.8, 4) is 0 Å². The minimum atomic E-state index is -4.12. The van der Waals surface area contributed by atoms with Crippen LogP contribution in [0.5, 0.6) is 0 Å². The van der Waals surface area contributed by atoms with E-state index in [-0.39, 0.29) is 30.8 Å². The minimum absolute atomic E-state index is 0.0285. The standard InChI is InChI=1S/C14H23F3N2O2/c1-19(9-12-8-18-6-7-21-12)13(20)10-2-4-11(5-3-10)14(15,16)17/h10-12,18H,2-9H2,1H3. The summed E-state index contributed by atoms with van der Waals surface area (Å²) in [5.74, 6) is -1.56. The van der Waals surface area contributed by atoms with Crippen LogP contribution in [0.15, 0.2) is 0 Å². The molecular weight excluding hydrogens is 285 g/mol. The number of nitrogens with zero attached hydrogens (tertiary/aromatic N) is 1. The Morgan fingerprint density at radius 3 is 2.48 bits per heavy atom. The summed E-state index contributed by atoms with van der Waals surface area (Å²) in [6, 6.07) is 0. The first-order chi connectivity index (χ1) is 9.88. The van der Waals surface area contributed by atoms with Crippen molar-refractivity contribution < 1.29 is 22.7 Å². The van der Waals surface area contributed by atoms with Crippen LogP contribution < -0.4 is 5.32 Å². The molecule has 1 heterocycles. The predicted molar refractivity (Wildman–Crippen MR) is 71.7 cm³/mol. The first-order valence-electron chi connectivity index (χ1n) is 7.52. The number of halogens is 3. The Morgan fingerprint density at radius 1 is 1.29 bits per heavy atom. The van der Waals surface area contributed by atoms with Gasteiger partial charge in [-0.25, -0.2) is 0 Å². The highest BCUT2D eigenvalue weighted by Crippen LogP contribution is 2.39. The molecule has 0 spiro atoms. The predicted octanol–water partition coefficient (Wildman–Crippen LogP) is 1.80. The number of nitrogens with one attached hydrogen (secondary N) is 1. The van der Waals surface area contributed by atoms with E-state index in [1.807, 2.05) is 0 Å². The molecule has 0 aromatic heterocycles. The summed E-state index contributed by atoms with van der Waals surface area (Å²) in [6.45, 7) is 2.64. The summed E-state index contributed by atoms with van der Waals surface area (Å²) >= 11 is 0. The lowest BCUT2D eigenvalue weighted by atomic mass is 9.81. The molecule has 1 saturated heterocycles.